The molecule has 1 amide bonds. The van der Waals surface area contributed by atoms with E-state index in [9.17, 15) is 4.79 Å². The van der Waals surface area contributed by atoms with Gasteiger partial charge in [0.25, 0.3) is 5.91 Å². The quantitative estimate of drug-likeness (QED) is 0.877. The van der Waals surface area contributed by atoms with Crippen LogP contribution in [0.15, 0.2) is 18.5 Å². The van der Waals surface area contributed by atoms with E-state index in [-0.39, 0.29) is 24.4 Å². The first kappa shape index (κ1) is 17.4. The fraction of sp³-hybridized carbons (Fsp3) is 0.500. The molecular formula is C14H22ClN5O. The smallest absolute Gasteiger partial charge is 0.257 e. The average Bonchev–Trinajstić information content (AvgIpc) is 2.80. The molecule has 6 nitrogen and oxygen atoms in total. The molecule has 2 aromatic rings. The summed E-state index contributed by atoms with van der Waals surface area (Å²) in [7, 11) is 0. The first-order valence-corrected chi connectivity index (χ1v) is 6.83. The van der Waals surface area contributed by atoms with Gasteiger partial charge in [-0.2, -0.15) is 5.10 Å². The zero-order valence-corrected chi connectivity index (χ0v) is 13.4. The average molecular weight is 312 g/mol. The third-order valence-corrected chi connectivity index (χ3v) is 3.13. The summed E-state index contributed by atoms with van der Waals surface area (Å²) in [6.45, 7) is 6.52. The highest BCUT2D eigenvalue weighted by atomic mass is 35.5. The molecule has 0 aliphatic rings. The Labute approximate surface area is 130 Å². The Morgan fingerprint density at radius 2 is 2.19 bits per heavy atom. The van der Waals surface area contributed by atoms with E-state index in [1.807, 2.05) is 13.0 Å². The summed E-state index contributed by atoms with van der Waals surface area (Å²) in [6, 6.07) is 1.82. The van der Waals surface area contributed by atoms with Gasteiger partial charge in [-0.1, -0.05) is 13.8 Å². The summed E-state index contributed by atoms with van der Waals surface area (Å²) in [4.78, 5) is 16.7. The third kappa shape index (κ3) is 4.15. The molecule has 1 atom stereocenters. The van der Waals surface area contributed by atoms with E-state index >= 15 is 0 Å². The van der Waals surface area contributed by atoms with Crippen molar-refractivity contribution >= 4 is 24.0 Å². The highest BCUT2D eigenvalue weighted by molar-refractivity contribution is 5.99. The highest BCUT2D eigenvalue weighted by Gasteiger charge is 2.18. The van der Waals surface area contributed by atoms with Crippen LogP contribution < -0.4 is 11.1 Å². The molecule has 0 bridgehead atoms. The molecular weight excluding hydrogens is 290 g/mol. The Morgan fingerprint density at radius 1 is 1.48 bits per heavy atom. The second-order valence-corrected chi connectivity index (χ2v) is 5.43. The number of carbonyl (C=O) groups excluding carboxylic acids is 1. The van der Waals surface area contributed by atoms with Gasteiger partial charge in [0, 0.05) is 24.5 Å². The maximum atomic E-state index is 12.3. The summed E-state index contributed by atoms with van der Waals surface area (Å²) in [5, 5.41) is 7.09. The Kier molecular flexibility index (Phi) is 6.11. The normalized spacial score (nSPS) is 12.2. The number of hydrogen-bond acceptors (Lipinski definition) is 4. The Hall–Kier alpha value is -1.66. The molecule has 116 valence electrons. The summed E-state index contributed by atoms with van der Waals surface area (Å²) < 4.78 is 1.60. The first-order chi connectivity index (χ1) is 9.51. The largest absolute Gasteiger partial charge is 0.348 e. The molecule has 2 aromatic heterocycles. The summed E-state index contributed by atoms with van der Waals surface area (Å²) in [5.74, 6) is 0.308. The number of halogens is 1. The van der Waals surface area contributed by atoms with E-state index in [4.69, 9.17) is 5.73 Å². The van der Waals surface area contributed by atoms with Gasteiger partial charge in [-0.05, 0) is 25.3 Å². The molecule has 0 saturated carbocycles. The molecule has 2 rings (SSSR count). The molecule has 2 heterocycles. The lowest BCUT2D eigenvalue weighted by Gasteiger charge is -2.18. The van der Waals surface area contributed by atoms with Crippen molar-refractivity contribution in [3.63, 3.8) is 0 Å². The van der Waals surface area contributed by atoms with Crippen LogP contribution in [-0.2, 0) is 0 Å². The molecule has 0 spiro atoms. The first-order valence-electron chi connectivity index (χ1n) is 6.83. The van der Waals surface area contributed by atoms with Gasteiger partial charge in [-0.15, -0.1) is 12.4 Å². The zero-order chi connectivity index (χ0) is 14.7. The SMILES string of the molecule is Cc1ccn2ncc(C(=O)NC(CN)CC(C)C)c2n1.Cl. The number of aromatic nitrogens is 3. The lowest BCUT2D eigenvalue weighted by molar-refractivity contribution is 0.0935. The van der Waals surface area contributed by atoms with Crippen molar-refractivity contribution in [2.45, 2.75) is 33.2 Å². The molecule has 3 N–H and O–H groups in total. The van der Waals surface area contributed by atoms with E-state index in [0.29, 0.717) is 23.7 Å². The van der Waals surface area contributed by atoms with Crippen LogP contribution in [0.5, 0.6) is 0 Å². The topological polar surface area (TPSA) is 85.3 Å². The molecule has 1 unspecified atom stereocenters. The maximum absolute atomic E-state index is 12.3. The second kappa shape index (κ2) is 7.38. The monoisotopic (exact) mass is 311 g/mol. The third-order valence-electron chi connectivity index (χ3n) is 3.13. The number of nitrogens with two attached hydrogens (primary N) is 1. The Morgan fingerprint density at radius 3 is 2.81 bits per heavy atom. The predicted molar refractivity (Wildman–Crippen MR) is 84.7 cm³/mol. The number of nitrogens with one attached hydrogen (secondary N) is 1. The van der Waals surface area contributed by atoms with Gasteiger partial charge in [0.2, 0.25) is 0 Å². The summed E-state index contributed by atoms with van der Waals surface area (Å²) in [5.41, 5.74) is 7.61. The highest BCUT2D eigenvalue weighted by Crippen LogP contribution is 2.10. The van der Waals surface area contributed by atoms with E-state index in [1.165, 1.54) is 0 Å². The Bertz CT molecular complexity index is 610. The van der Waals surface area contributed by atoms with Gasteiger partial charge < -0.3 is 11.1 Å². The molecule has 21 heavy (non-hydrogen) atoms. The second-order valence-electron chi connectivity index (χ2n) is 5.43. The number of carbonyl (C=O) groups is 1. The van der Waals surface area contributed by atoms with E-state index in [0.717, 1.165) is 12.1 Å². The predicted octanol–water partition coefficient (Wildman–Crippen LogP) is 1.56. The van der Waals surface area contributed by atoms with Crippen LogP contribution in [0.3, 0.4) is 0 Å². The molecule has 0 fully saturated rings. The fourth-order valence-corrected chi connectivity index (χ4v) is 2.17. The number of aryl methyl sites for hydroxylation is 1. The van der Waals surface area contributed by atoms with Gasteiger partial charge in [0.05, 0.1) is 6.20 Å². The number of nitrogens with zero attached hydrogens (tertiary/aromatic N) is 3. The van der Waals surface area contributed by atoms with Gasteiger partial charge in [-0.25, -0.2) is 9.50 Å². The fourth-order valence-electron chi connectivity index (χ4n) is 2.17. The lowest BCUT2D eigenvalue weighted by Crippen LogP contribution is -2.41. The van der Waals surface area contributed by atoms with Crippen LogP contribution in [0.2, 0.25) is 0 Å². The van der Waals surface area contributed by atoms with Crippen molar-refractivity contribution in [2.75, 3.05) is 6.54 Å². The molecule has 0 radical (unpaired) electrons. The van der Waals surface area contributed by atoms with Gasteiger partial charge in [0.15, 0.2) is 5.65 Å². The number of amides is 1. The number of hydrogen-bond donors (Lipinski definition) is 2. The summed E-state index contributed by atoms with van der Waals surface area (Å²) >= 11 is 0. The Balaban J connectivity index is 0.00000220. The van der Waals surface area contributed by atoms with Crippen molar-refractivity contribution in [1.29, 1.82) is 0 Å². The van der Waals surface area contributed by atoms with Crippen molar-refractivity contribution in [3.8, 4) is 0 Å². The lowest BCUT2D eigenvalue weighted by atomic mass is 10.0. The van der Waals surface area contributed by atoms with Crippen LogP contribution in [0, 0.1) is 12.8 Å². The minimum atomic E-state index is -0.172. The minimum Gasteiger partial charge on any atom is -0.348 e. The van der Waals surface area contributed by atoms with Crippen LogP contribution in [0.4, 0.5) is 0 Å². The van der Waals surface area contributed by atoms with Crippen molar-refractivity contribution in [1.82, 2.24) is 19.9 Å². The van der Waals surface area contributed by atoms with Crippen molar-refractivity contribution in [3.05, 3.63) is 29.7 Å². The molecule has 0 saturated heterocycles. The van der Waals surface area contributed by atoms with Gasteiger partial charge in [0.1, 0.15) is 5.56 Å². The van der Waals surface area contributed by atoms with E-state index in [2.05, 4.69) is 29.2 Å². The van der Waals surface area contributed by atoms with Crippen LogP contribution in [-0.4, -0.2) is 33.1 Å². The van der Waals surface area contributed by atoms with Gasteiger partial charge >= 0.3 is 0 Å². The van der Waals surface area contributed by atoms with Crippen molar-refractivity contribution in [2.24, 2.45) is 11.7 Å². The molecule has 7 heteroatoms. The van der Waals surface area contributed by atoms with Crippen LogP contribution in [0.25, 0.3) is 5.65 Å². The van der Waals surface area contributed by atoms with E-state index in [1.54, 1.807) is 16.9 Å². The van der Waals surface area contributed by atoms with Gasteiger partial charge in [-0.3, -0.25) is 4.79 Å². The van der Waals surface area contributed by atoms with Crippen LogP contribution >= 0.6 is 12.4 Å². The molecule has 0 aliphatic carbocycles. The minimum absolute atomic E-state index is 0. The van der Waals surface area contributed by atoms with E-state index < -0.39 is 0 Å². The maximum Gasteiger partial charge on any atom is 0.257 e. The van der Waals surface area contributed by atoms with Crippen LogP contribution in [0.1, 0.15) is 36.3 Å². The zero-order valence-electron chi connectivity index (χ0n) is 12.5. The summed E-state index contributed by atoms with van der Waals surface area (Å²) in [6.07, 6.45) is 4.19. The molecule has 0 aromatic carbocycles. The van der Waals surface area contributed by atoms with Crippen molar-refractivity contribution < 1.29 is 4.79 Å². The number of fused-ring (bicyclic) bond motifs is 1. The standard InChI is InChI=1S/C14H21N5O.ClH/c1-9(2)6-11(7-15)18-14(20)12-8-16-19-5-4-10(3)17-13(12)19;/h4-5,8-9,11H,6-7,15H2,1-3H3,(H,18,20);1H. The molecule has 0 aliphatic heterocycles. The number of rotatable bonds is 5.